The van der Waals surface area contributed by atoms with E-state index in [1.54, 1.807) is 0 Å². The summed E-state index contributed by atoms with van der Waals surface area (Å²) in [7, 11) is 0. The Labute approximate surface area is 240 Å². The molecule has 1 aliphatic carbocycles. The predicted octanol–water partition coefficient (Wildman–Crippen LogP) is -1.49. The molecule has 14 nitrogen and oxygen atoms in total. The molecule has 2 saturated heterocycles. The summed E-state index contributed by atoms with van der Waals surface area (Å²) in [6.07, 6.45) is -12.7. The first-order chi connectivity index (χ1) is 20.2. The van der Waals surface area contributed by atoms with E-state index >= 15 is 0 Å². The molecule has 0 spiro atoms. The van der Waals surface area contributed by atoms with Crippen LogP contribution in [0.5, 0.6) is 0 Å². The smallest absolute Gasteiger partial charge is 0.335 e. The maximum atomic E-state index is 11.9. The zero-order valence-electron chi connectivity index (χ0n) is 22.5. The lowest BCUT2D eigenvalue weighted by atomic mass is 9.90. The Kier molecular flexibility index (Phi) is 9.92. The zero-order valence-corrected chi connectivity index (χ0v) is 22.5. The Hall–Kier alpha value is -2.47. The van der Waals surface area contributed by atoms with Gasteiger partial charge in [-0.1, -0.05) is 30.3 Å². The lowest BCUT2D eigenvalue weighted by molar-refractivity contribution is -0.339. The molecule has 3 heterocycles. The van der Waals surface area contributed by atoms with Crippen molar-refractivity contribution < 1.29 is 69.0 Å². The minimum Gasteiger partial charge on any atom is -0.478 e. The molecule has 5 rings (SSSR count). The second-order valence-corrected chi connectivity index (χ2v) is 10.7. The van der Waals surface area contributed by atoms with Gasteiger partial charge in [0.1, 0.15) is 42.7 Å². The Balaban J connectivity index is 1.28. The zero-order chi connectivity index (χ0) is 30.0. The molecule has 42 heavy (non-hydrogen) atoms. The molecule has 1 aromatic rings. The number of aliphatic carboxylic acids is 1. The van der Waals surface area contributed by atoms with E-state index < -0.39 is 80.1 Å². The highest BCUT2D eigenvalue weighted by molar-refractivity contribution is 5.88. The van der Waals surface area contributed by atoms with Crippen molar-refractivity contribution in [2.24, 2.45) is 5.92 Å². The lowest BCUT2D eigenvalue weighted by Crippen LogP contribution is -2.61. The van der Waals surface area contributed by atoms with Crippen LogP contribution in [0.25, 0.3) is 0 Å². The Bertz CT molecular complexity index is 1140. The molecule has 0 aromatic heterocycles. The minimum absolute atomic E-state index is 0.0492. The van der Waals surface area contributed by atoms with Gasteiger partial charge in [0.25, 0.3) is 0 Å². The van der Waals surface area contributed by atoms with Crippen LogP contribution in [0.15, 0.2) is 53.3 Å². The number of benzene rings is 1. The van der Waals surface area contributed by atoms with Crippen LogP contribution < -0.4 is 0 Å². The van der Waals surface area contributed by atoms with Crippen LogP contribution in [0.4, 0.5) is 0 Å². The first-order valence-corrected chi connectivity index (χ1v) is 13.7. The van der Waals surface area contributed by atoms with Gasteiger partial charge in [-0.15, -0.1) is 0 Å². The summed E-state index contributed by atoms with van der Waals surface area (Å²) >= 11 is 0. The van der Waals surface area contributed by atoms with E-state index in [4.69, 9.17) is 28.4 Å². The number of carboxylic acid groups (broad SMARTS) is 1. The minimum atomic E-state index is -1.72. The van der Waals surface area contributed by atoms with Crippen molar-refractivity contribution in [3.05, 3.63) is 58.9 Å². The highest BCUT2D eigenvalue weighted by atomic mass is 16.8. The summed E-state index contributed by atoms with van der Waals surface area (Å²) in [4.78, 5) is 11.9. The summed E-state index contributed by atoms with van der Waals surface area (Å²) in [5.74, 6) is -1.67. The van der Waals surface area contributed by atoms with Gasteiger partial charge in [-0.2, -0.15) is 0 Å². The molecule has 232 valence electrons. The molecule has 2 fully saturated rings. The maximum Gasteiger partial charge on any atom is 0.335 e. The predicted molar refractivity (Wildman–Crippen MR) is 138 cm³/mol. The third-order valence-electron chi connectivity index (χ3n) is 7.91. The molecule has 4 aliphatic rings. The fourth-order valence-electron chi connectivity index (χ4n) is 5.54. The summed E-state index contributed by atoms with van der Waals surface area (Å²) in [6, 6.07) is 9.53. The molecule has 3 aliphatic heterocycles. The monoisotopic (exact) mass is 596 g/mol. The number of rotatable bonds is 10. The van der Waals surface area contributed by atoms with E-state index in [0.717, 1.165) is 17.4 Å². The number of hydrogen-bond donors (Lipinski definition) is 7. The van der Waals surface area contributed by atoms with Crippen molar-refractivity contribution in [1.29, 1.82) is 0 Å². The van der Waals surface area contributed by atoms with E-state index in [9.17, 15) is 40.5 Å². The largest absolute Gasteiger partial charge is 0.478 e. The molecule has 7 N–H and O–H groups in total. The van der Waals surface area contributed by atoms with Crippen LogP contribution in [0.2, 0.25) is 0 Å². The molecule has 1 unspecified atom stereocenters. The molecular weight excluding hydrogens is 560 g/mol. The van der Waals surface area contributed by atoms with Gasteiger partial charge in [0.05, 0.1) is 38.3 Å². The number of aliphatic hydroxyl groups excluding tert-OH is 6. The van der Waals surface area contributed by atoms with Crippen molar-refractivity contribution in [1.82, 2.24) is 0 Å². The van der Waals surface area contributed by atoms with Crippen molar-refractivity contribution in [2.45, 2.75) is 81.0 Å². The van der Waals surface area contributed by atoms with Crippen LogP contribution in [-0.4, -0.2) is 123 Å². The van der Waals surface area contributed by atoms with E-state index in [1.165, 1.54) is 0 Å². The standard InChI is InChI=1S/C28H36O14/c29-17-11-39-27(23(33)20(17)30)40-12-18-21(31)22(32)24(34)28(41-18)42-26-19-14(9-37-8-13-4-2-1-3-5-13)6-7-15(19)16(10-38-26)25(35)36/h1-5,10,15,17-18,20-24,26-34H,6-9,11-12H2,(H,35,36)/t15?,17-,18+,20-,21+,22-,23+,24+,26-,27-,28-/m0/s1. The molecule has 14 heteroatoms. The van der Waals surface area contributed by atoms with Crippen molar-refractivity contribution in [2.75, 3.05) is 19.8 Å². The summed E-state index contributed by atoms with van der Waals surface area (Å²) in [5.41, 5.74) is 2.32. The van der Waals surface area contributed by atoms with E-state index in [-0.39, 0.29) is 18.8 Å². The Morgan fingerprint density at radius 1 is 0.905 bits per heavy atom. The normalized spacial score (nSPS) is 38.5. The van der Waals surface area contributed by atoms with Gasteiger partial charge in [-0.05, 0) is 24.0 Å². The number of fused-ring (bicyclic) bond motifs is 1. The second kappa shape index (κ2) is 13.4. The average Bonchev–Trinajstić information content (AvgIpc) is 3.41. The second-order valence-electron chi connectivity index (χ2n) is 10.7. The quantitative estimate of drug-likeness (QED) is 0.153. The van der Waals surface area contributed by atoms with Gasteiger partial charge in [-0.3, -0.25) is 0 Å². The van der Waals surface area contributed by atoms with Gasteiger partial charge in [0.15, 0.2) is 12.6 Å². The first-order valence-electron chi connectivity index (χ1n) is 13.7. The van der Waals surface area contributed by atoms with Crippen molar-refractivity contribution in [3.63, 3.8) is 0 Å². The maximum absolute atomic E-state index is 11.9. The van der Waals surface area contributed by atoms with Crippen molar-refractivity contribution in [3.8, 4) is 0 Å². The molecular formula is C28H36O14. The highest BCUT2D eigenvalue weighted by Crippen LogP contribution is 2.44. The molecule has 0 amide bonds. The highest BCUT2D eigenvalue weighted by Gasteiger charge is 2.49. The molecule has 0 radical (unpaired) electrons. The number of carbonyl (C=O) groups is 1. The summed E-state index contributed by atoms with van der Waals surface area (Å²) in [6.45, 7) is -0.231. The van der Waals surface area contributed by atoms with Crippen LogP contribution in [0, 0.1) is 5.92 Å². The topological polar surface area (TPSA) is 214 Å². The molecule has 0 bridgehead atoms. The van der Waals surface area contributed by atoms with E-state index in [0.29, 0.717) is 25.0 Å². The Morgan fingerprint density at radius 2 is 1.64 bits per heavy atom. The SMILES string of the molecule is O=C(O)C1=CO[C@@H](O[C@@H]2O[C@H](CO[C@@H]3OC[C@H](O)[C@H](O)[C@H]3O)[C@@H](O)[C@H](O)[C@H]2O)C2=C(COCc3ccccc3)CCC12. The van der Waals surface area contributed by atoms with Crippen LogP contribution in [0.3, 0.4) is 0 Å². The van der Waals surface area contributed by atoms with Gasteiger partial charge in [0.2, 0.25) is 6.29 Å². The molecule has 11 atom stereocenters. The third-order valence-corrected chi connectivity index (χ3v) is 7.91. The molecule has 1 aromatic carbocycles. The first kappa shape index (κ1) is 31.0. The van der Waals surface area contributed by atoms with Gasteiger partial charge >= 0.3 is 5.97 Å². The average molecular weight is 597 g/mol. The number of ether oxygens (including phenoxy) is 6. The van der Waals surface area contributed by atoms with Crippen LogP contribution >= 0.6 is 0 Å². The third kappa shape index (κ3) is 6.54. The van der Waals surface area contributed by atoms with Crippen molar-refractivity contribution >= 4 is 5.97 Å². The van der Waals surface area contributed by atoms with E-state index in [2.05, 4.69) is 0 Å². The number of hydrogen-bond acceptors (Lipinski definition) is 13. The fraction of sp³-hybridized carbons (Fsp3) is 0.607. The van der Waals surface area contributed by atoms with Gasteiger partial charge in [0, 0.05) is 11.5 Å². The van der Waals surface area contributed by atoms with Gasteiger partial charge in [-0.25, -0.2) is 4.79 Å². The van der Waals surface area contributed by atoms with E-state index in [1.807, 2.05) is 30.3 Å². The number of carboxylic acids is 1. The molecule has 0 saturated carbocycles. The lowest BCUT2D eigenvalue weighted by Gasteiger charge is -2.43. The Morgan fingerprint density at radius 3 is 2.38 bits per heavy atom. The summed E-state index contributed by atoms with van der Waals surface area (Å²) < 4.78 is 33.9. The fourth-order valence-corrected chi connectivity index (χ4v) is 5.54. The van der Waals surface area contributed by atoms with Crippen LogP contribution in [-0.2, 0) is 39.8 Å². The number of aliphatic hydroxyl groups is 6. The van der Waals surface area contributed by atoms with Crippen LogP contribution in [0.1, 0.15) is 18.4 Å². The summed E-state index contributed by atoms with van der Waals surface area (Å²) in [5, 5.41) is 71.0. The van der Waals surface area contributed by atoms with Gasteiger partial charge < -0.3 is 64.2 Å².